The fourth-order valence-electron chi connectivity index (χ4n) is 2.97. The quantitative estimate of drug-likeness (QED) is 0.277. The van der Waals surface area contributed by atoms with Crippen molar-refractivity contribution in [2.75, 3.05) is 6.54 Å². The Balaban J connectivity index is 0.00000300. The zero-order valence-corrected chi connectivity index (χ0v) is 19.3. The molecule has 0 amide bonds. The first-order chi connectivity index (χ1) is 13.8. The standard InChI is InChI=1S/C22H28N6.HI/c1-3-21-27-25-17-28(21)15-14-23-22(24-16-19-10-6-4-7-11-19)26-18(2)20-12-8-5-9-13-20;/h4-13,17-18H,3,14-16H2,1-2H3,(H2,23,24,26);1H. The maximum Gasteiger partial charge on any atom is 0.192 e. The van der Waals surface area contributed by atoms with E-state index in [4.69, 9.17) is 4.99 Å². The molecule has 0 saturated heterocycles. The lowest BCUT2D eigenvalue weighted by Crippen LogP contribution is -2.40. The second kappa shape index (κ2) is 12.2. The van der Waals surface area contributed by atoms with E-state index in [1.807, 2.05) is 24.3 Å². The molecule has 1 atom stereocenters. The molecule has 0 aliphatic carbocycles. The molecule has 0 bridgehead atoms. The van der Waals surface area contributed by atoms with E-state index in [0.717, 1.165) is 31.3 Å². The monoisotopic (exact) mass is 504 g/mol. The number of guanidine groups is 1. The van der Waals surface area contributed by atoms with Gasteiger partial charge in [0.2, 0.25) is 0 Å². The van der Waals surface area contributed by atoms with E-state index in [1.54, 1.807) is 6.33 Å². The van der Waals surface area contributed by atoms with Crippen molar-refractivity contribution in [1.29, 1.82) is 0 Å². The lowest BCUT2D eigenvalue weighted by molar-refractivity contribution is 0.619. The van der Waals surface area contributed by atoms with Gasteiger partial charge in [0.25, 0.3) is 0 Å². The normalized spacial score (nSPS) is 12.1. The SMILES string of the molecule is CCc1nncn1CCNC(=NCc1ccccc1)NC(C)c1ccccc1.I. The van der Waals surface area contributed by atoms with Crippen LogP contribution in [0, 0.1) is 0 Å². The van der Waals surface area contributed by atoms with Crippen molar-refractivity contribution in [3.05, 3.63) is 83.9 Å². The fraction of sp³-hybridized carbons (Fsp3) is 0.318. The van der Waals surface area contributed by atoms with E-state index < -0.39 is 0 Å². The van der Waals surface area contributed by atoms with Gasteiger partial charge in [-0.25, -0.2) is 4.99 Å². The molecule has 1 unspecified atom stereocenters. The van der Waals surface area contributed by atoms with E-state index in [-0.39, 0.29) is 30.0 Å². The molecule has 1 aromatic heterocycles. The number of aliphatic imine (C=N–C) groups is 1. The summed E-state index contributed by atoms with van der Waals surface area (Å²) in [4.78, 5) is 4.77. The Labute approximate surface area is 189 Å². The molecule has 0 radical (unpaired) electrons. The molecule has 3 rings (SSSR count). The maximum atomic E-state index is 4.77. The number of aromatic nitrogens is 3. The van der Waals surface area contributed by atoms with Crippen LogP contribution in [0.15, 0.2) is 72.0 Å². The molecule has 7 heteroatoms. The van der Waals surface area contributed by atoms with E-state index in [1.165, 1.54) is 11.1 Å². The van der Waals surface area contributed by atoms with Crippen LogP contribution >= 0.6 is 24.0 Å². The summed E-state index contributed by atoms with van der Waals surface area (Å²) in [6, 6.07) is 20.8. The van der Waals surface area contributed by atoms with Gasteiger partial charge in [-0.3, -0.25) is 0 Å². The smallest absolute Gasteiger partial charge is 0.192 e. The Morgan fingerprint density at radius 3 is 2.45 bits per heavy atom. The number of nitrogens with zero attached hydrogens (tertiary/aromatic N) is 4. The van der Waals surface area contributed by atoms with Crippen LogP contribution in [-0.2, 0) is 19.5 Å². The van der Waals surface area contributed by atoms with Crippen LogP contribution in [0.1, 0.15) is 36.8 Å². The summed E-state index contributed by atoms with van der Waals surface area (Å²) in [5.74, 6) is 1.79. The summed E-state index contributed by atoms with van der Waals surface area (Å²) in [7, 11) is 0. The van der Waals surface area contributed by atoms with Gasteiger partial charge in [0.15, 0.2) is 5.96 Å². The number of hydrogen-bond donors (Lipinski definition) is 2. The second-order valence-electron chi connectivity index (χ2n) is 6.65. The predicted octanol–water partition coefficient (Wildman–Crippen LogP) is 3.96. The first-order valence-corrected chi connectivity index (χ1v) is 9.76. The third kappa shape index (κ3) is 7.16. The topological polar surface area (TPSA) is 67.1 Å². The highest BCUT2D eigenvalue weighted by molar-refractivity contribution is 14.0. The third-order valence-corrected chi connectivity index (χ3v) is 4.57. The van der Waals surface area contributed by atoms with E-state index in [2.05, 4.69) is 75.6 Å². The zero-order valence-electron chi connectivity index (χ0n) is 17.0. The van der Waals surface area contributed by atoms with Crippen LogP contribution in [0.2, 0.25) is 0 Å². The van der Waals surface area contributed by atoms with Crippen LogP contribution in [0.25, 0.3) is 0 Å². The van der Waals surface area contributed by atoms with Gasteiger partial charge >= 0.3 is 0 Å². The lowest BCUT2D eigenvalue weighted by atomic mass is 10.1. The highest BCUT2D eigenvalue weighted by Gasteiger charge is 2.08. The molecule has 0 aliphatic heterocycles. The van der Waals surface area contributed by atoms with Crippen molar-refractivity contribution >= 4 is 29.9 Å². The molecule has 2 aromatic carbocycles. The van der Waals surface area contributed by atoms with Gasteiger partial charge in [0.05, 0.1) is 12.6 Å². The summed E-state index contributed by atoms with van der Waals surface area (Å²) in [5, 5.41) is 15.1. The van der Waals surface area contributed by atoms with Gasteiger partial charge in [-0.15, -0.1) is 34.2 Å². The molecule has 0 saturated carbocycles. The zero-order chi connectivity index (χ0) is 19.6. The number of rotatable bonds is 8. The largest absolute Gasteiger partial charge is 0.355 e. The van der Waals surface area contributed by atoms with Crippen LogP contribution in [0.5, 0.6) is 0 Å². The molecule has 0 aliphatic rings. The molecule has 0 spiro atoms. The molecular weight excluding hydrogens is 475 g/mol. The minimum atomic E-state index is 0. The van der Waals surface area contributed by atoms with Gasteiger partial charge < -0.3 is 15.2 Å². The summed E-state index contributed by atoms with van der Waals surface area (Å²) in [5.41, 5.74) is 2.41. The number of benzene rings is 2. The van der Waals surface area contributed by atoms with E-state index in [0.29, 0.717) is 6.54 Å². The fourth-order valence-corrected chi connectivity index (χ4v) is 2.97. The number of hydrogen-bond acceptors (Lipinski definition) is 3. The first-order valence-electron chi connectivity index (χ1n) is 9.76. The van der Waals surface area contributed by atoms with Crippen molar-refractivity contribution in [3.8, 4) is 0 Å². The van der Waals surface area contributed by atoms with Crippen molar-refractivity contribution in [2.45, 2.75) is 39.4 Å². The van der Waals surface area contributed by atoms with Crippen LogP contribution in [0.4, 0.5) is 0 Å². The highest BCUT2D eigenvalue weighted by Crippen LogP contribution is 2.11. The molecule has 6 nitrogen and oxygen atoms in total. The van der Waals surface area contributed by atoms with Gasteiger partial charge in [-0.1, -0.05) is 67.6 Å². The molecular formula is C22H29IN6. The van der Waals surface area contributed by atoms with E-state index >= 15 is 0 Å². The highest BCUT2D eigenvalue weighted by atomic mass is 127. The third-order valence-electron chi connectivity index (χ3n) is 4.57. The van der Waals surface area contributed by atoms with Crippen molar-refractivity contribution in [2.24, 2.45) is 4.99 Å². The van der Waals surface area contributed by atoms with Crippen molar-refractivity contribution in [1.82, 2.24) is 25.4 Å². The van der Waals surface area contributed by atoms with Gasteiger partial charge in [0.1, 0.15) is 12.2 Å². The molecule has 29 heavy (non-hydrogen) atoms. The molecule has 1 heterocycles. The van der Waals surface area contributed by atoms with Crippen LogP contribution in [-0.4, -0.2) is 27.3 Å². The Kier molecular flexibility index (Phi) is 9.63. The summed E-state index contributed by atoms with van der Waals surface area (Å²) >= 11 is 0. The molecule has 0 fully saturated rings. The number of nitrogens with one attached hydrogen (secondary N) is 2. The Morgan fingerprint density at radius 2 is 1.76 bits per heavy atom. The Bertz CT molecular complexity index is 863. The average molecular weight is 504 g/mol. The van der Waals surface area contributed by atoms with Gasteiger partial charge in [-0.05, 0) is 18.1 Å². The second-order valence-corrected chi connectivity index (χ2v) is 6.65. The molecule has 3 aromatic rings. The maximum absolute atomic E-state index is 4.77. The Hall–Kier alpha value is -2.42. The summed E-state index contributed by atoms with van der Waals surface area (Å²) in [6.07, 6.45) is 2.65. The van der Waals surface area contributed by atoms with Crippen molar-refractivity contribution in [3.63, 3.8) is 0 Å². The van der Waals surface area contributed by atoms with Crippen LogP contribution < -0.4 is 10.6 Å². The lowest BCUT2D eigenvalue weighted by Gasteiger charge is -2.19. The minimum absolute atomic E-state index is 0. The predicted molar refractivity (Wildman–Crippen MR) is 128 cm³/mol. The molecule has 154 valence electrons. The minimum Gasteiger partial charge on any atom is -0.355 e. The van der Waals surface area contributed by atoms with Gasteiger partial charge in [-0.2, -0.15) is 0 Å². The first kappa shape index (κ1) is 22.9. The number of aryl methyl sites for hydroxylation is 1. The van der Waals surface area contributed by atoms with Gasteiger partial charge in [0, 0.05) is 19.5 Å². The Morgan fingerprint density at radius 1 is 1.07 bits per heavy atom. The van der Waals surface area contributed by atoms with Crippen LogP contribution in [0.3, 0.4) is 0 Å². The number of halogens is 1. The summed E-state index contributed by atoms with van der Waals surface area (Å²) in [6.45, 7) is 6.40. The van der Waals surface area contributed by atoms with Crippen molar-refractivity contribution < 1.29 is 0 Å². The summed E-state index contributed by atoms with van der Waals surface area (Å²) < 4.78 is 2.07. The molecule has 2 N–H and O–H groups in total. The van der Waals surface area contributed by atoms with E-state index in [9.17, 15) is 0 Å². The average Bonchev–Trinajstić information content (AvgIpc) is 3.20.